The van der Waals surface area contributed by atoms with Crippen LogP contribution in [0.15, 0.2) is 0 Å². The molecule has 336 valence electrons. The maximum Gasteiger partial charge on any atom is 0.249 e. The highest BCUT2D eigenvalue weighted by molar-refractivity contribution is 5.80. The number of unbranched alkanes of at least 4 members (excludes halogenated alkanes) is 40. The third-order valence-electron chi connectivity index (χ3n) is 12.5. The van der Waals surface area contributed by atoms with Crippen LogP contribution in [0.2, 0.25) is 0 Å². The van der Waals surface area contributed by atoms with E-state index in [4.69, 9.17) is 0 Å². The summed E-state index contributed by atoms with van der Waals surface area (Å²) in [4.78, 5) is 12.5. The van der Waals surface area contributed by atoms with Crippen LogP contribution in [0.1, 0.15) is 296 Å². The molecule has 5 nitrogen and oxygen atoms in total. The van der Waals surface area contributed by atoms with Gasteiger partial charge >= 0.3 is 0 Å². The van der Waals surface area contributed by atoms with Gasteiger partial charge in [-0.05, 0) is 12.8 Å². The molecule has 0 aliphatic heterocycles. The first-order valence-corrected chi connectivity index (χ1v) is 25.8. The fourth-order valence-corrected chi connectivity index (χ4v) is 8.43. The molecular formula is C51H103NO4. The summed E-state index contributed by atoms with van der Waals surface area (Å²) in [7, 11) is 0. The van der Waals surface area contributed by atoms with Crippen LogP contribution in [0.5, 0.6) is 0 Å². The van der Waals surface area contributed by atoms with Gasteiger partial charge in [0.25, 0.3) is 0 Å². The van der Waals surface area contributed by atoms with Gasteiger partial charge in [0.2, 0.25) is 5.91 Å². The lowest BCUT2D eigenvalue weighted by molar-refractivity contribution is -0.131. The van der Waals surface area contributed by atoms with Crippen molar-refractivity contribution in [3.05, 3.63) is 0 Å². The Bertz CT molecular complexity index is 747. The summed E-state index contributed by atoms with van der Waals surface area (Å²) in [5.41, 5.74) is 0. The summed E-state index contributed by atoms with van der Waals surface area (Å²) in [5.74, 6) is -0.464. The van der Waals surface area contributed by atoms with Crippen molar-refractivity contribution in [2.75, 3.05) is 6.61 Å². The second-order valence-electron chi connectivity index (χ2n) is 18.1. The monoisotopic (exact) mass is 794 g/mol. The second kappa shape index (κ2) is 47.0. The first kappa shape index (κ1) is 55.4. The maximum atomic E-state index is 12.5. The third-order valence-corrected chi connectivity index (χ3v) is 12.5. The van der Waals surface area contributed by atoms with Crippen molar-refractivity contribution >= 4 is 5.91 Å². The number of amides is 1. The third kappa shape index (κ3) is 41.5. The highest BCUT2D eigenvalue weighted by Crippen LogP contribution is 2.18. The van der Waals surface area contributed by atoms with Crippen LogP contribution >= 0.6 is 0 Å². The molecule has 1 amide bonds. The second-order valence-corrected chi connectivity index (χ2v) is 18.1. The van der Waals surface area contributed by atoms with E-state index < -0.39 is 24.2 Å². The van der Waals surface area contributed by atoms with Crippen molar-refractivity contribution in [1.82, 2.24) is 5.32 Å². The van der Waals surface area contributed by atoms with Gasteiger partial charge in [-0.2, -0.15) is 0 Å². The molecule has 0 saturated carbocycles. The quantitative estimate of drug-likeness (QED) is 0.0462. The summed E-state index contributed by atoms with van der Waals surface area (Å²) in [6, 6.07) is -0.706. The van der Waals surface area contributed by atoms with Crippen LogP contribution < -0.4 is 5.32 Å². The number of aliphatic hydroxyl groups is 3. The number of nitrogens with one attached hydrogen (secondary N) is 1. The number of hydrogen-bond donors (Lipinski definition) is 4. The lowest BCUT2D eigenvalue weighted by atomic mass is 10.0. The normalized spacial score (nSPS) is 13.3. The first-order chi connectivity index (χ1) is 27.6. The highest BCUT2D eigenvalue weighted by Gasteiger charge is 2.23. The zero-order valence-electron chi connectivity index (χ0n) is 38.3. The van der Waals surface area contributed by atoms with Crippen LogP contribution in [-0.2, 0) is 4.79 Å². The Morgan fingerprint density at radius 1 is 0.357 bits per heavy atom. The Morgan fingerprint density at radius 3 is 0.804 bits per heavy atom. The van der Waals surface area contributed by atoms with E-state index in [-0.39, 0.29) is 6.61 Å². The summed E-state index contributed by atoms with van der Waals surface area (Å²) >= 11 is 0. The zero-order chi connectivity index (χ0) is 40.8. The van der Waals surface area contributed by atoms with E-state index in [0.717, 1.165) is 32.1 Å². The van der Waals surface area contributed by atoms with Crippen LogP contribution in [0, 0.1) is 0 Å². The van der Waals surface area contributed by atoms with Crippen molar-refractivity contribution in [3.8, 4) is 0 Å². The summed E-state index contributed by atoms with van der Waals surface area (Å²) < 4.78 is 0. The van der Waals surface area contributed by atoms with Crippen LogP contribution in [0.4, 0.5) is 0 Å². The topological polar surface area (TPSA) is 89.8 Å². The Labute approximate surface area is 351 Å². The molecule has 3 atom stereocenters. The molecule has 5 heteroatoms. The fourth-order valence-electron chi connectivity index (χ4n) is 8.43. The fraction of sp³-hybridized carbons (Fsp3) is 0.980. The minimum Gasteiger partial charge on any atom is -0.394 e. The van der Waals surface area contributed by atoms with Crippen molar-refractivity contribution in [1.29, 1.82) is 0 Å². The maximum absolute atomic E-state index is 12.5. The first-order valence-electron chi connectivity index (χ1n) is 25.8. The van der Waals surface area contributed by atoms with E-state index >= 15 is 0 Å². The van der Waals surface area contributed by atoms with Gasteiger partial charge in [-0.3, -0.25) is 4.79 Å². The molecule has 0 aromatic carbocycles. The smallest absolute Gasteiger partial charge is 0.249 e. The SMILES string of the molecule is CCCCCCCCCCCCCCCCCCCCCCCCCCCCCCCC(O)C(=O)NC(CO)C(O)CCCCCCCCCCCCCCC. The molecule has 0 aliphatic carbocycles. The predicted octanol–water partition coefficient (Wildman–Crippen LogP) is 15.4. The van der Waals surface area contributed by atoms with Crippen molar-refractivity contribution in [3.63, 3.8) is 0 Å². The van der Waals surface area contributed by atoms with E-state index in [1.54, 1.807) is 0 Å². The van der Waals surface area contributed by atoms with Crippen molar-refractivity contribution in [2.24, 2.45) is 0 Å². The molecule has 0 radical (unpaired) electrons. The van der Waals surface area contributed by atoms with Gasteiger partial charge < -0.3 is 20.6 Å². The average molecular weight is 794 g/mol. The molecule has 4 N–H and O–H groups in total. The molecule has 0 aliphatic rings. The van der Waals surface area contributed by atoms with Crippen LogP contribution in [-0.4, -0.2) is 46.1 Å². The highest BCUT2D eigenvalue weighted by atomic mass is 16.3. The van der Waals surface area contributed by atoms with Gasteiger partial charge in [0.15, 0.2) is 0 Å². The largest absolute Gasteiger partial charge is 0.394 e. The number of hydrogen-bond acceptors (Lipinski definition) is 4. The molecule has 0 spiro atoms. The lowest BCUT2D eigenvalue weighted by Crippen LogP contribution is -2.49. The number of carbonyl (C=O) groups excluding carboxylic acids is 1. The van der Waals surface area contributed by atoms with E-state index in [9.17, 15) is 20.1 Å². The summed E-state index contributed by atoms with van der Waals surface area (Å²) in [5, 5.41) is 33.4. The van der Waals surface area contributed by atoms with Gasteiger partial charge in [-0.25, -0.2) is 0 Å². The molecule has 3 unspecified atom stereocenters. The number of rotatable bonds is 48. The molecule has 0 saturated heterocycles. The van der Waals surface area contributed by atoms with Crippen molar-refractivity contribution < 1.29 is 20.1 Å². The van der Waals surface area contributed by atoms with Crippen LogP contribution in [0.25, 0.3) is 0 Å². The molecule has 56 heavy (non-hydrogen) atoms. The van der Waals surface area contributed by atoms with E-state index in [2.05, 4.69) is 19.2 Å². The minimum atomic E-state index is -1.07. The standard InChI is InChI=1S/C51H103NO4/c1-3-5-7-9-11-13-15-17-18-19-20-21-22-23-24-25-26-27-28-29-30-31-32-34-36-38-40-42-44-46-50(55)51(56)52-48(47-53)49(54)45-43-41-39-37-35-33-16-14-12-10-8-6-4-2/h48-50,53-55H,3-47H2,1-2H3,(H,52,56). The van der Waals surface area contributed by atoms with E-state index in [1.807, 2.05) is 0 Å². The Kier molecular flexibility index (Phi) is 46.5. The van der Waals surface area contributed by atoms with Gasteiger partial charge in [0, 0.05) is 0 Å². The molecule has 0 fully saturated rings. The molecule has 0 aromatic heterocycles. The van der Waals surface area contributed by atoms with Gasteiger partial charge in [-0.1, -0.05) is 284 Å². The van der Waals surface area contributed by atoms with Gasteiger partial charge in [-0.15, -0.1) is 0 Å². The predicted molar refractivity (Wildman–Crippen MR) is 246 cm³/mol. The molecule has 0 aromatic rings. The molecule has 0 heterocycles. The van der Waals surface area contributed by atoms with Crippen molar-refractivity contribution in [2.45, 2.75) is 315 Å². The van der Waals surface area contributed by atoms with Crippen LogP contribution in [0.3, 0.4) is 0 Å². The number of aliphatic hydroxyl groups excluding tert-OH is 3. The van der Waals surface area contributed by atoms with Gasteiger partial charge in [0.05, 0.1) is 18.8 Å². The number of carbonyl (C=O) groups is 1. The summed E-state index contributed by atoms with van der Waals surface area (Å²) in [6.07, 6.45) is 55.7. The Hall–Kier alpha value is -0.650. The average Bonchev–Trinajstić information content (AvgIpc) is 3.20. The zero-order valence-corrected chi connectivity index (χ0v) is 38.3. The molecular weight excluding hydrogens is 691 g/mol. The van der Waals surface area contributed by atoms with E-state index in [1.165, 1.54) is 238 Å². The Balaban J connectivity index is 3.46. The Morgan fingerprint density at radius 2 is 0.571 bits per heavy atom. The molecule has 0 bridgehead atoms. The summed E-state index contributed by atoms with van der Waals surface area (Å²) in [6.45, 7) is 4.26. The minimum absolute atomic E-state index is 0.308. The van der Waals surface area contributed by atoms with Gasteiger partial charge in [0.1, 0.15) is 6.10 Å². The molecule has 0 rings (SSSR count). The lowest BCUT2D eigenvalue weighted by Gasteiger charge is -2.23. The van der Waals surface area contributed by atoms with E-state index in [0.29, 0.717) is 12.8 Å².